The number of hydrogen-bond donors (Lipinski definition) is 2. The molecule has 17 heavy (non-hydrogen) atoms. The largest absolute Gasteiger partial charge is 0.388 e. The van der Waals surface area contributed by atoms with E-state index >= 15 is 0 Å². The number of aliphatic hydroxyl groups excluding tert-OH is 1. The van der Waals surface area contributed by atoms with Crippen LogP contribution in [0.25, 0.3) is 0 Å². The van der Waals surface area contributed by atoms with Crippen molar-refractivity contribution in [1.29, 1.82) is 0 Å². The van der Waals surface area contributed by atoms with E-state index in [4.69, 9.17) is 0 Å². The molecule has 0 fully saturated rings. The van der Waals surface area contributed by atoms with Crippen molar-refractivity contribution in [3.8, 4) is 0 Å². The van der Waals surface area contributed by atoms with Gasteiger partial charge in [-0.2, -0.15) is 0 Å². The highest BCUT2D eigenvalue weighted by Gasteiger charge is 2.09. The van der Waals surface area contributed by atoms with Crippen molar-refractivity contribution in [2.24, 2.45) is 0 Å². The topological polar surface area (TPSA) is 49.3 Å². The number of amides is 1. The minimum absolute atomic E-state index is 0.0253. The summed E-state index contributed by atoms with van der Waals surface area (Å²) in [5.41, 5.74) is 3.35. The number of carbonyl (C=O) groups excluding carboxylic acids is 1. The van der Waals surface area contributed by atoms with Crippen LogP contribution < -0.4 is 5.32 Å². The lowest BCUT2D eigenvalue weighted by Crippen LogP contribution is -2.17. The predicted molar refractivity (Wildman–Crippen MR) is 68.8 cm³/mol. The molecule has 1 rings (SSSR count). The van der Waals surface area contributed by atoms with Crippen molar-refractivity contribution >= 4 is 5.91 Å². The Morgan fingerprint density at radius 3 is 2.65 bits per heavy atom. The third-order valence-corrected chi connectivity index (χ3v) is 3.08. The zero-order valence-electron chi connectivity index (χ0n) is 10.8. The van der Waals surface area contributed by atoms with Gasteiger partial charge in [0.2, 0.25) is 5.91 Å². The summed E-state index contributed by atoms with van der Waals surface area (Å²) in [7, 11) is 1.63. The molecule has 0 spiro atoms. The average Bonchev–Trinajstić information content (AvgIpc) is 2.32. The number of benzene rings is 1. The number of carbonyl (C=O) groups is 1. The van der Waals surface area contributed by atoms with Crippen LogP contribution in [0.15, 0.2) is 18.2 Å². The first-order valence-electron chi connectivity index (χ1n) is 6.00. The van der Waals surface area contributed by atoms with E-state index in [1.165, 1.54) is 11.1 Å². The van der Waals surface area contributed by atoms with Crippen LogP contribution >= 0.6 is 0 Å². The highest BCUT2D eigenvalue weighted by Crippen LogP contribution is 2.21. The molecule has 0 radical (unpaired) electrons. The van der Waals surface area contributed by atoms with Crippen LogP contribution in [-0.2, 0) is 4.79 Å². The predicted octanol–water partition coefficient (Wildman–Crippen LogP) is 2.25. The second-order valence-electron chi connectivity index (χ2n) is 4.42. The molecule has 0 aliphatic rings. The minimum Gasteiger partial charge on any atom is -0.388 e. The van der Waals surface area contributed by atoms with E-state index in [1.807, 2.05) is 25.1 Å². The Balaban J connectivity index is 2.49. The van der Waals surface area contributed by atoms with Gasteiger partial charge >= 0.3 is 0 Å². The number of aryl methyl sites for hydroxylation is 2. The van der Waals surface area contributed by atoms with E-state index in [0.717, 1.165) is 5.56 Å². The molecule has 1 aromatic rings. The Hall–Kier alpha value is -1.35. The maximum absolute atomic E-state index is 11.0. The van der Waals surface area contributed by atoms with Gasteiger partial charge in [0.15, 0.2) is 0 Å². The summed E-state index contributed by atoms with van der Waals surface area (Å²) in [5.74, 6) is 0.0253. The molecule has 1 atom stereocenters. The summed E-state index contributed by atoms with van der Waals surface area (Å²) >= 11 is 0. The van der Waals surface area contributed by atoms with Crippen LogP contribution in [0.1, 0.15) is 42.1 Å². The summed E-state index contributed by atoms with van der Waals surface area (Å²) in [6.45, 7) is 4.09. The molecule has 0 saturated heterocycles. The smallest absolute Gasteiger partial charge is 0.219 e. The van der Waals surface area contributed by atoms with Crippen LogP contribution in [0.2, 0.25) is 0 Å². The molecule has 0 saturated carbocycles. The monoisotopic (exact) mass is 235 g/mol. The molecule has 2 N–H and O–H groups in total. The van der Waals surface area contributed by atoms with Gasteiger partial charge in [-0.25, -0.2) is 0 Å². The third-order valence-electron chi connectivity index (χ3n) is 3.08. The summed E-state index contributed by atoms with van der Waals surface area (Å²) in [5, 5.41) is 12.6. The molecule has 94 valence electrons. The van der Waals surface area contributed by atoms with Crippen molar-refractivity contribution in [2.45, 2.75) is 39.2 Å². The average molecular weight is 235 g/mol. The Labute approximate surface area is 103 Å². The van der Waals surface area contributed by atoms with Crippen LogP contribution in [0.5, 0.6) is 0 Å². The van der Waals surface area contributed by atoms with Gasteiger partial charge in [0.25, 0.3) is 0 Å². The number of hydrogen-bond acceptors (Lipinski definition) is 2. The van der Waals surface area contributed by atoms with Crippen molar-refractivity contribution in [2.75, 3.05) is 7.05 Å². The van der Waals surface area contributed by atoms with Gasteiger partial charge in [0.05, 0.1) is 6.10 Å². The van der Waals surface area contributed by atoms with Crippen molar-refractivity contribution in [3.05, 3.63) is 34.9 Å². The Morgan fingerprint density at radius 2 is 2.06 bits per heavy atom. The molecule has 0 aromatic heterocycles. The van der Waals surface area contributed by atoms with Gasteiger partial charge in [0.1, 0.15) is 0 Å². The third kappa shape index (κ3) is 4.19. The maximum Gasteiger partial charge on any atom is 0.219 e. The Kier molecular flexibility index (Phi) is 5.16. The first-order valence-corrected chi connectivity index (χ1v) is 6.00. The van der Waals surface area contributed by atoms with Crippen LogP contribution in [0.3, 0.4) is 0 Å². The molecule has 1 amide bonds. The molecule has 3 nitrogen and oxygen atoms in total. The summed E-state index contributed by atoms with van der Waals surface area (Å²) in [6, 6.07) is 5.99. The van der Waals surface area contributed by atoms with Gasteiger partial charge in [0, 0.05) is 13.5 Å². The van der Waals surface area contributed by atoms with Crippen LogP contribution in [0, 0.1) is 13.8 Å². The van der Waals surface area contributed by atoms with E-state index in [1.54, 1.807) is 7.05 Å². The lowest BCUT2D eigenvalue weighted by atomic mass is 9.99. The normalized spacial score (nSPS) is 12.2. The van der Waals surface area contributed by atoms with Crippen molar-refractivity contribution < 1.29 is 9.90 Å². The van der Waals surface area contributed by atoms with Crippen molar-refractivity contribution in [1.82, 2.24) is 5.32 Å². The van der Waals surface area contributed by atoms with E-state index in [9.17, 15) is 9.90 Å². The molecule has 0 heterocycles. The number of nitrogens with one attached hydrogen (secondary N) is 1. The van der Waals surface area contributed by atoms with E-state index in [2.05, 4.69) is 12.2 Å². The van der Waals surface area contributed by atoms with Gasteiger partial charge in [-0.15, -0.1) is 0 Å². The number of rotatable bonds is 5. The van der Waals surface area contributed by atoms with Gasteiger partial charge in [-0.05, 0) is 43.4 Å². The van der Waals surface area contributed by atoms with Gasteiger partial charge in [-0.1, -0.05) is 18.2 Å². The second kappa shape index (κ2) is 6.40. The molecular formula is C14H21NO2. The first-order chi connectivity index (χ1) is 8.04. The van der Waals surface area contributed by atoms with Crippen LogP contribution in [0.4, 0.5) is 0 Å². The fraction of sp³-hybridized carbons (Fsp3) is 0.500. The summed E-state index contributed by atoms with van der Waals surface area (Å²) in [6.07, 6.45) is 1.32. The molecule has 0 aliphatic carbocycles. The highest BCUT2D eigenvalue weighted by atomic mass is 16.3. The molecule has 3 heteroatoms. The second-order valence-corrected chi connectivity index (χ2v) is 4.42. The first kappa shape index (κ1) is 13.7. The summed E-state index contributed by atoms with van der Waals surface area (Å²) < 4.78 is 0. The lowest BCUT2D eigenvalue weighted by molar-refractivity contribution is -0.120. The SMILES string of the molecule is CNC(=O)CCCC(O)c1ccc(C)c(C)c1. The zero-order valence-corrected chi connectivity index (χ0v) is 10.8. The summed E-state index contributed by atoms with van der Waals surface area (Å²) in [4.78, 5) is 11.0. The molecule has 0 bridgehead atoms. The zero-order chi connectivity index (χ0) is 12.8. The molecule has 0 aliphatic heterocycles. The van der Waals surface area contributed by atoms with E-state index < -0.39 is 6.10 Å². The molecule has 1 aromatic carbocycles. The Morgan fingerprint density at radius 1 is 1.35 bits per heavy atom. The lowest BCUT2D eigenvalue weighted by Gasteiger charge is -2.12. The minimum atomic E-state index is -0.473. The fourth-order valence-corrected chi connectivity index (χ4v) is 1.72. The van der Waals surface area contributed by atoms with E-state index in [0.29, 0.717) is 19.3 Å². The van der Waals surface area contributed by atoms with Gasteiger partial charge in [-0.3, -0.25) is 4.79 Å². The van der Waals surface area contributed by atoms with E-state index in [-0.39, 0.29) is 5.91 Å². The highest BCUT2D eigenvalue weighted by molar-refractivity contribution is 5.75. The Bertz CT molecular complexity index is 388. The molecular weight excluding hydrogens is 214 g/mol. The number of aliphatic hydroxyl groups is 1. The van der Waals surface area contributed by atoms with Crippen molar-refractivity contribution in [3.63, 3.8) is 0 Å². The quantitative estimate of drug-likeness (QED) is 0.822. The van der Waals surface area contributed by atoms with Crippen LogP contribution in [-0.4, -0.2) is 18.1 Å². The van der Waals surface area contributed by atoms with Gasteiger partial charge < -0.3 is 10.4 Å². The molecule has 1 unspecified atom stereocenters. The maximum atomic E-state index is 11.0. The standard InChI is InChI=1S/C14H21NO2/c1-10-7-8-12(9-11(10)2)13(16)5-4-6-14(17)15-3/h7-9,13,16H,4-6H2,1-3H3,(H,15,17). The fourth-order valence-electron chi connectivity index (χ4n) is 1.72.